The van der Waals surface area contributed by atoms with Crippen LogP contribution in [0.15, 0.2) is 45.3 Å². The highest BCUT2D eigenvalue weighted by Gasteiger charge is 2.16. The van der Waals surface area contributed by atoms with Crippen molar-refractivity contribution >= 4 is 44.9 Å². The first kappa shape index (κ1) is 18.1. The second-order valence-corrected chi connectivity index (χ2v) is 7.98. The maximum absolute atomic E-state index is 14.0. The molecule has 0 atom stereocenters. The topological polar surface area (TPSA) is 73.8 Å². The van der Waals surface area contributed by atoms with Crippen molar-refractivity contribution in [3.63, 3.8) is 0 Å². The van der Waals surface area contributed by atoms with Gasteiger partial charge in [-0.1, -0.05) is 39.8 Å². The predicted molar refractivity (Wildman–Crippen MR) is 101 cm³/mol. The van der Waals surface area contributed by atoms with Crippen LogP contribution in [0.25, 0.3) is 10.7 Å². The van der Waals surface area contributed by atoms with E-state index in [4.69, 9.17) is 5.73 Å². The third kappa shape index (κ3) is 4.47. The molecule has 0 aliphatic carbocycles. The molecule has 0 radical (unpaired) electrons. The molecule has 0 saturated heterocycles. The molecule has 3 aromatic rings. The van der Waals surface area contributed by atoms with Crippen molar-refractivity contribution in [1.82, 2.24) is 14.8 Å². The Hall–Kier alpha value is -1.71. The zero-order valence-electron chi connectivity index (χ0n) is 13.0. The summed E-state index contributed by atoms with van der Waals surface area (Å²) in [6.45, 7) is 0.390. The molecular formula is C16H14BrFN4OS2. The maximum Gasteiger partial charge on any atom is 0.219 e. The average molecular weight is 441 g/mol. The molecule has 1 aromatic carbocycles. The normalized spacial score (nSPS) is 11.0. The van der Waals surface area contributed by atoms with Gasteiger partial charge in [0.15, 0.2) is 11.0 Å². The minimum absolute atomic E-state index is 0.191. The number of aromatic nitrogens is 3. The highest BCUT2D eigenvalue weighted by atomic mass is 79.9. The number of carbonyl (C=O) groups excluding carboxylic acids is 1. The number of hydrogen-bond donors (Lipinski definition) is 1. The molecule has 3 rings (SSSR count). The Kier molecular flexibility index (Phi) is 5.87. The van der Waals surface area contributed by atoms with Gasteiger partial charge >= 0.3 is 0 Å². The monoisotopic (exact) mass is 440 g/mol. The van der Waals surface area contributed by atoms with Gasteiger partial charge in [-0.05, 0) is 29.1 Å². The van der Waals surface area contributed by atoms with Crippen LogP contribution in [0.1, 0.15) is 12.0 Å². The van der Waals surface area contributed by atoms with Crippen LogP contribution >= 0.6 is 39.0 Å². The summed E-state index contributed by atoms with van der Waals surface area (Å²) in [5.41, 5.74) is 5.85. The van der Waals surface area contributed by atoms with Crippen molar-refractivity contribution in [2.75, 3.05) is 0 Å². The van der Waals surface area contributed by atoms with Crippen molar-refractivity contribution in [2.45, 2.75) is 23.9 Å². The predicted octanol–water partition coefficient (Wildman–Crippen LogP) is 4.08. The molecule has 5 nitrogen and oxygen atoms in total. The molecule has 0 bridgehead atoms. The molecule has 2 heterocycles. The van der Waals surface area contributed by atoms with E-state index in [1.54, 1.807) is 23.5 Å². The van der Waals surface area contributed by atoms with E-state index in [0.29, 0.717) is 33.3 Å². The van der Waals surface area contributed by atoms with E-state index in [1.165, 1.54) is 17.8 Å². The largest absolute Gasteiger partial charge is 0.370 e. The van der Waals surface area contributed by atoms with Crippen LogP contribution in [-0.2, 0) is 17.1 Å². The fourth-order valence-corrected chi connectivity index (χ4v) is 4.19. The van der Waals surface area contributed by atoms with E-state index in [9.17, 15) is 9.18 Å². The number of primary amides is 1. The lowest BCUT2D eigenvalue weighted by atomic mass is 10.2. The minimum Gasteiger partial charge on any atom is -0.370 e. The highest BCUT2D eigenvalue weighted by Crippen LogP contribution is 2.30. The van der Waals surface area contributed by atoms with E-state index >= 15 is 0 Å². The number of nitrogens with two attached hydrogens (primary N) is 1. The van der Waals surface area contributed by atoms with Crippen molar-refractivity contribution in [3.8, 4) is 10.7 Å². The molecule has 0 unspecified atom stereocenters. The Balaban J connectivity index is 1.83. The molecule has 25 heavy (non-hydrogen) atoms. The molecule has 1 amide bonds. The first-order chi connectivity index (χ1) is 12.0. The number of nitrogens with zero attached hydrogens (tertiary/aromatic N) is 3. The number of carbonyl (C=O) groups is 1. The van der Waals surface area contributed by atoms with Gasteiger partial charge in [-0.15, -0.1) is 21.5 Å². The van der Waals surface area contributed by atoms with Crippen LogP contribution in [0.5, 0.6) is 0 Å². The van der Waals surface area contributed by atoms with Crippen molar-refractivity contribution in [2.24, 2.45) is 5.73 Å². The molecule has 0 saturated carbocycles. The van der Waals surface area contributed by atoms with E-state index in [0.717, 1.165) is 4.88 Å². The van der Waals surface area contributed by atoms with Crippen molar-refractivity contribution in [3.05, 3.63) is 51.6 Å². The summed E-state index contributed by atoms with van der Waals surface area (Å²) in [5, 5.41) is 11.0. The number of halogens is 2. The Labute approximate surface area is 160 Å². The number of thiophene rings is 1. The van der Waals surface area contributed by atoms with Crippen LogP contribution < -0.4 is 5.73 Å². The highest BCUT2D eigenvalue weighted by molar-refractivity contribution is 9.10. The van der Waals surface area contributed by atoms with Gasteiger partial charge in [0, 0.05) is 23.2 Å². The average Bonchev–Trinajstić information content (AvgIpc) is 3.21. The van der Waals surface area contributed by atoms with E-state index in [-0.39, 0.29) is 18.1 Å². The van der Waals surface area contributed by atoms with Gasteiger partial charge in [0.05, 0.1) is 4.88 Å². The van der Waals surface area contributed by atoms with Crippen molar-refractivity contribution in [1.29, 1.82) is 0 Å². The number of thioether (sulfide) groups is 1. The zero-order valence-corrected chi connectivity index (χ0v) is 16.2. The molecular weight excluding hydrogens is 427 g/mol. The molecule has 0 fully saturated rings. The Morgan fingerprint density at radius 3 is 2.88 bits per heavy atom. The summed E-state index contributed by atoms with van der Waals surface area (Å²) in [5.74, 6) is 0.442. The van der Waals surface area contributed by atoms with Gasteiger partial charge in [-0.2, -0.15) is 0 Å². The quantitative estimate of drug-likeness (QED) is 0.561. The fourth-order valence-electron chi connectivity index (χ4n) is 2.19. The molecule has 0 aliphatic rings. The lowest BCUT2D eigenvalue weighted by Gasteiger charge is -2.08. The lowest BCUT2D eigenvalue weighted by molar-refractivity contribution is -0.118. The number of rotatable bonds is 7. The summed E-state index contributed by atoms with van der Waals surface area (Å²) in [7, 11) is 0. The van der Waals surface area contributed by atoms with Gasteiger partial charge in [0.1, 0.15) is 5.82 Å². The number of amides is 1. The SMILES string of the molecule is NC(=O)CCn1c(SCc2ccc(Br)cc2F)nnc1-c1cccs1. The summed E-state index contributed by atoms with van der Waals surface area (Å²) in [6, 6.07) is 8.84. The van der Waals surface area contributed by atoms with E-state index in [1.807, 2.05) is 22.1 Å². The summed E-state index contributed by atoms with van der Waals surface area (Å²) in [4.78, 5) is 12.1. The summed E-state index contributed by atoms with van der Waals surface area (Å²) in [6.07, 6.45) is 0.191. The van der Waals surface area contributed by atoms with Crippen LogP contribution in [0.2, 0.25) is 0 Å². The van der Waals surface area contributed by atoms with Gasteiger partial charge in [-0.3, -0.25) is 4.79 Å². The fraction of sp³-hybridized carbons (Fsp3) is 0.188. The van der Waals surface area contributed by atoms with Crippen LogP contribution in [0, 0.1) is 5.82 Å². The third-order valence-electron chi connectivity index (χ3n) is 3.41. The van der Waals surface area contributed by atoms with Crippen LogP contribution in [0.3, 0.4) is 0 Å². The first-order valence-electron chi connectivity index (χ1n) is 7.36. The Morgan fingerprint density at radius 1 is 1.36 bits per heavy atom. The molecule has 0 spiro atoms. The summed E-state index contributed by atoms with van der Waals surface area (Å²) >= 11 is 6.17. The maximum atomic E-state index is 14.0. The smallest absolute Gasteiger partial charge is 0.219 e. The van der Waals surface area contributed by atoms with Crippen molar-refractivity contribution < 1.29 is 9.18 Å². The number of hydrogen-bond acceptors (Lipinski definition) is 5. The van der Waals surface area contributed by atoms with E-state index in [2.05, 4.69) is 26.1 Å². The Morgan fingerprint density at radius 2 is 2.20 bits per heavy atom. The number of benzene rings is 1. The molecule has 2 aromatic heterocycles. The zero-order chi connectivity index (χ0) is 17.8. The molecule has 2 N–H and O–H groups in total. The van der Waals surface area contributed by atoms with Gasteiger partial charge in [-0.25, -0.2) is 4.39 Å². The summed E-state index contributed by atoms with van der Waals surface area (Å²) < 4.78 is 16.5. The van der Waals surface area contributed by atoms with Gasteiger partial charge in [0.25, 0.3) is 0 Å². The van der Waals surface area contributed by atoms with E-state index < -0.39 is 0 Å². The second kappa shape index (κ2) is 8.11. The Bertz CT molecular complexity index is 882. The first-order valence-corrected chi connectivity index (χ1v) is 10.0. The van der Waals surface area contributed by atoms with Gasteiger partial charge in [0.2, 0.25) is 5.91 Å². The van der Waals surface area contributed by atoms with Crippen LogP contribution in [0.4, 0.5) is 4.39 Å². The lowest BCUT2D eigenvalue weighted by Crippen LogP contribution is -2.14. The third-order valence-corrected chi connectivity index (χ3v) is 5.79. The molecule has 0 aliphatic heterocycles. The minimum atomic E-state index is -0.388. The second-order valence-electron chi connectivity index (χ2n) is 5.18. The molecule has 130 valence electrons. The standard InChI is InChI=1S/C16H14BrFN4OS2/c17-11-4-3-10(12(18)8-11)9-25-16-21-20-15(13-2-1-7-24-13)22(16)6-5-14(19)23/h1-4,7-8H,5-6,9H2,(H2,19,23). The van der Waals surface area contributed by atoms with Gasteiger partial charge < -0.3 is 10.3 Å². The molecule has 9 heteroatoms. The van der Waals surface area contributed by atoms with Crippen LogP contribution in [-0.4, -0.2) is 20.7 Å².